The van der Waals surface area contributed by atoms with Gasteiger partial charge in [0.05, 0.1) is 31.3 Å². The lowest BCUT2D eigenvalue weighted by Gasteiger charge is -2.28. The molecule has 1 aromatic rings. The molecule has 4 aliphatic rings. The van der Waals surface area contributed by atoms with Crippen molar-refractivity contribution in [1.82, 2.24) is 5.01 Å². The maximum atomic E-state index is 12.6. The first-order chi connectivity index (χ1) is 12.7. The van der Waals surface area contributed by atoms with Crippen LogP contribution >= 0.6 is 0 Å². The first kappa shape index (κ1) is 15.8. The quantitative estimate of drug-likeness (QED) is 0.472. The van der Waals surface area contributed by atoms with Crippen LogP contribution in [0.2, 0.25) is 0 Å². The van der Waals surface area contributed by atoms with Crippen molar-refractivity contribution in [3.05, 3.63) is 42.0 Å². The number of amides is 2. The number of benzene rings is 1. The molecular weight excluding hydrogens is 330 g/mol. The minimum Gasteiger partial charge on any atom is -0.378 e. The van der Waals surface area contributed by atoms with Gasteiger partial charge in [0.25, 0.3) is 11.8 Å². The number of carbonyl (C=O) groups excluding carboxylic acids is 2. The Morgan fingerprint density at radius 2 is 1.58 bits per heavy atom. The Bertz CT molecular complexity index is 765. The number of hydrogen-bond donors (Lipinski definition) is 0. The lowest BCUT2D eigenvalue weighted by atomic mass is 9.85. The lowest BCUT2D eigenvalue weighted by molar-refractivity contribution is -0.140. The van der Waals surface area contributed by atoms with Crippen molar-refractivity contribution in [2.24, 2.45) is 28.8 Å². The van der Waals surface area contributed by atoms with Crippen LogP contribution in [0.15, 0.2) is 41.5 Å². The molecule has 0 N–H and O–H groups in total. The third kappa shape index (κ3) is 2.40. The molecular formula is C20H21N3O3. The van der Waals surface area contributed by atoms with E-state index in [4.69, 9.17) is 4.74 Å². The van der Waals surface area contributed by atoms with Crippen LogP contribution in [0.4, 0.5) is 5.69 Å². The van der Waals surface area contributed by atoms with E-state index in [0.717, 1.165) is 49.0 Å². The van der Waals surface area contributed by atoms with Gasteiger partial charge in [-0.3, -0.25) is 9.59 Å². The molecule has 2 bridgehead atoms. The molecule has 5 rings (SSSR count). The van der Waals surface area contributed by atoms with Crippen molar-refractivity contribution < 1.29 is 14.3 Å². The average molecular weight is 351 g/mol. The highest BCUT2D eigenvalue weighted by Crippen LogP contribution is 2.52. The predicted octanol–water partition coefficient (Wildman–Crippen LogP) is 1.66. The number of hydrogen-bond acceptors (Lipinski definition) is 5. The Morgan fingerprint density at radius 3 is 2.19 bits per heavy atom. The summed E-state index contributed by atoms with van der Waals surface area (Å²) in [7, 11) is 0. The first-order valence-corrected chi connectivity index (χ1v) is 9.25. The van der Waals surface area contributed by atoms with E-state index in [2.05, 4.69) is 22.2 Å². The minimum atomic E-state index is -0.196. The number of carbonyl (C=O) groups is 2. The van der Waals surface area contributed by atoms with Gasteiger partial charge in [0.1, 0.15) is 0 Å². The van der Waals surface area contributed by atoms with Crippen LogP contribution in [0.1, 0.15) is 12.0 Å². The molecule has 1 aromatic carbocycles. The van der Waals surface area contributed by atoms with Crippen LogP contribution in [0, 0.1) is 23.7 Å². The van der Waals surface area contributed by atoms with E-state index < -0.39 is 0 Å². The smallest absolute Gasteiger partial charge is 0.254 e. The number of anilines is 1. The molecule has 2 saturated heterocycles. The van der Waals surface area contributed by atoms with E-state index in [1.54, 1.807) is 6.21 Å². The van der Waals surface area contributed by atoms with Crippen LogP contribution in [0.25, 0.3) is 0 Å². The fourth-order valence-corrected chi connectivity index (χ4v) is 4.72. The Labute approximate surface area is 152 Å². The molecule has 2 aliphatic carbocycles. The van der Waals surface area contributed by atoms with Crippen LogP contribution in [0.5, 0.6) is 0 Å². The summed E-state index contributed by atoms with van der Waals surface area (Å²) in [5.41, 5.74) is 2.02. The predicted molar refractivity (Wildman–Crippen MR) is 96.6 cm³/mol. The molecule has 2 heterocycles. The third-order valence-electron chi connectivity index (χ3n) is 6.04. The SMILES string of the molecule is O=C1C2C3C=CC(C3)C2C(=O)N1N=Cc1ccc(N2CCOCC2)cc1. The van der Waals surface area contributed by atoms with Gasteiger partial charge in [0, 0.05) is 18.8 Å². The van der Waals surface area contributed by atoms with Crippen molar-refractivity contribution in [2.75, 3.05) is 31.2 Å². The second-order valence-corrected chi connectivity index (χ2v) is 7.42. The minimum absolute atomic E-state index is 0.141. The summed E-state index contributed by atoms with van der Waals surface area (Å²) in [5.74, 6) is -0.239. The Hall–Kier alpha value is -2.47. The van der Waals surface area contributed by atoms with Gasteiger partial charge in [0.2, 0.25) is 0 Å². The molecule has 134 valence electrons. The molecule has 3 fully saturated rings. The van der Waals surface area contributed by atoms with E-state index in [0.29, 0.717) is 0 Å². The molecule has 2 amide bonds. The lowest BCUT2D eigenvalue weighted by Crippen LogP contribution is -2.36. The summed E-state index contributed by atoms with van der Waals surface area (Å²) >= 11 is 0. The topological polar surface area (TPSA) is 62.2 Å². The Balaban J connectivity index is 1.30. The number of allylic oxidation sites excluding steroid dienone is 2. The molecule has 0 radical (unpaired) electrons. The van der Waals surface area contributed by atoms with E-state index in [9.17, 15) is 9.59 Å². The molecule has 1 saturated carbocycles. The van der Waals surface area contributed by atoms with Crippen molar-refractivity contribution in [1.29, 1.82) is 0 Å². The van der Waals surface area contributed by atoms with E-state index in [1.165, 1.54) is 0 Å². The highest BCUT2D eigenvalue weighted by Gasteiger charge is 2.59. The highest BCUT2D eigenvalue weighted by atomic mass is 16.5. The largest absolute Gasteiger partial charge is 0.378 e. The fraction of sp³-hybridized carbons (Fsp3) is 0.450. The van der Waals surface area contributed by atoms with Crippen molar-refractivity contribution >= 4 is 23.7 Å². The molecule has 2 aliphatic heterocycles. The second-order valence-electron chi connectivity index (χ2n) is 7.42. The van der Waals surface area contributed by atoms with E-state index in [-0.39, 0.29) is 35.5 Å². The Morgan fingerprint density at radius 1 is 0.962 bits per heavy atom. The van der Waals surface area contributed by atoms with Crippen LogP contribution in [-0.4, -0.2) is 49.3 Å². The summed E-state index contributed by atoms with van der Waals surface area (Å²) in [4.78, 5) is 27.5. The van der Waals surface area contributed by atoms with Crippen molar-refractivity contribution in [3.63, 3.8) is 0 Å². The molecule has 4 unspecified atom stereocenters. The summed E-state index contributed by atoms with van der Waals surface area (Å²) in [5, 5.41) is 5.32. The normalized spacial score (nSPS) is 32.9. The van der Waals surface area contributed by atoms with Gasteiger partial charge < -0.3 is 9.64 Å². The molecule has 26 heavy (non-hydrogen) atoms. The maximum absolute atomic E-state index is 12.6. The van der Waals surface area contributed by atoms with Gasteiger partial charge in [-0.2, -0.15) is 10.1 Å². The van der Waals surface area contributed by atoms with Crippen LogP contribution in [-0.2, 0) is 14.3 Å². The van der Waals surface area contributed by atoms with E-state index >= 15 is 0 Å². The summed E-state index contributed by atoms with van der Waals surface area (Å²) in [6, 6.07) is 8.01. The summed E-state index contributed by atoms with van der Waals surface area (Å²) < 4.78 is 5.37. The molecule has 0 aromatic heterocycles. The highest BCUT2D eigenvalue weighted by molar-refractivity contribution is 6.06. The summed E-state index contributed by atoms with van der Waals surface area (Å²) in [6.07, 6.45) is 6.73. The summed E-state index contributed by atoms with van der Waals surface area (Å²) in [6.45, 7) is 3.29. The number of imide groups is 1. The van der Waals surface area contributed by atoms with Gasteiger partial charge in [-0.05, 0) is 36.0 Å². The number of rotatable bonds is 3. The van der Waals surface area contributed by atoms with Gasteiger partial charge >= 0.3 is 0 Å². The number of hydrazone groups is 1. The average Bonchev–Trinajstić information content (AvgIpc) is 3.36. The van der Waals surface area contributed by atoms with Crippen LogP contribution in [0.3, 0.4) is 0 Å². The number of nitrogens with zero attached hydrogens (tertiary/aromatic N) is 3. The van der Waals surface area contributed by atoms with Crippen molar-refractivity contribution in [2.45, 2.75) is 6.42 Å². The number of morpholine rings is 1. The maximum Gasteiger partial charge on any atom is 0.254 e. The zero-order chi connectivity index (χ0) is 17.7. The molecule has 0 spiro atoms. The fourth-order valence-electron chi connectivity index (χ4n) is 4.72. The van der Waals surface area contributed by atoms with Crippen molar-refractivity contribution in [3.8, 4) is 0 Å². The first-order valence-electron chi connectivity index (χ1n) is 9.25. The van der Waals surface area contributed by atoms with Crippen LogP contribution < -0.4 is 4.90 Å². The second kappa shape index (κ2) is 6.06. The zero-order valence-electron chi connectivity index (χ0n) is 14.5. The van der Waals surface area contributed by atoms with Gasteiger partial charge in [-0.25, -0.2) is 0 Å². The number of ether oxygens (including phenoxy) is 1. The van der Waals surface area contributed by atoms with Gasteiger partial charge in [0.15, 0.2) is 0 Å². The van der Waals surface area contributed by atoms with E-state index in [1.807, 2.05) is 24.3 Å². The molecule has 6 nitrogen and oxygen atoms in total. The monoisotopic (exact) mass is 351 g/mol. The zero-order valence-corrected chi connectivity index (χ0v) is 14.5. The molecule has 6 heteroatoms. The Kier molecular flexibility index (Phi) is 3.67. The standard InChI is InChI=1S/C20H21N3O3/c24-19-17-14-3-4-15(11-14)18(17)20(25)23(19)21-12-13-1-5-16(6-2-13)22-7-9-26-10-8-22/h1-6,12,14-15,17-18H,7-11H2. The third-order valence-corrected chi connectivity index (χ3v) is 6.04. The number of fused-ring (bicyclic) bond motifs is 5. The molecule has 4 atom stereocenters. The van der Waals surface area contributed by atoms with Gasteiger partial charge in [-0.1, -0.05) is 24.3 Å². The van der Waals surface area contributed by atoms with Gasteiger partial charge in [-0.15, -0.1) is 0 Å².